The number of ether oxygens (including phenoxy) is 1. The molecule has 0 aromatic rings. The van der Waals surface area contributed by atoms with Gasteiger partial charge in [-0.05, 0) is 12.8 Å². The van der Waals surface area contributed by atoms with Crippen LogP contribution >= 0.6 is 0 Å². The van der Waals surface area contributed by atoms with E-state index in [0.717, 1.165) is 26.1 Å². The van der Waals surface area contributed by atoms with Gasteiger partial charge >= 0.3 is 0 Å². The van der Waals surface area contributed by atoms with E-state index in [0.29, 0.717) is 0 Å². The molecule has 1 aliphatic heterocycles. The van der Waals surface area contributed by atoms with Crippen molar-refractivity contribution in [1.29, 1.82) is 0 Å². The third-order valence-corrected chi connectivity index (χ3v) is 3.01. The van der Waals surface area contributed by atoms with Crippen molar-refractivity contribution in [2.45, 2.75) is 51.6 Å². The zero-order valence-electron chi connectivity index (χ0n) is 9.07. The standard InChI is InChI=1S/C11H23NO/c1-3-5-6-7-11(4-2)10-12-8-9-13-11/h12H,3-10H2,1-2H3. The molecule has 1 heterocycles. The van der Waals surface area contributed by atoms with Gasteiger partial charge in [-0.15, -0.1) is 0 Å². The molecule has 1 atom stereocenters. The fourth-order valence-electron chi connectivity index (χ4n) is 1.97. The van der Waals surface area contributed by atoms with Crippen molar-refractivity contribution in [2.24, 2.45) is 0 Å². The first-order chi connectivity index (χ1) is 6.33. The van der Waals surface area contributed by atoms with Crippen LogP contribution in [-0.2, 0) is 4.74 Å². The molecule has 0 bridgehead atoms. The Morgan fingerprint density at radius 1 is 1.31 bits per heavy atom. The summed E-state index contributed by atoms with van der Waals surface area (Å²) in [5.74, 6) is 0. The summed E-state index contributed by atoms with van der Waals surface area (Å²) in [4.78, 5) is 0. The molecule has 13 heavy (non-hydrogen) atoms. The first-order valence-corrected chi connectivity index (χ1v) is 5.67. The Labute approximate surface area is 82.0 Å². The van der Waals surface area contributed by atoms with Crippen molar-refractivity contribution in [3.63, 3.8) is 0 Å². The maximum absolute atomic E-state index is 5.90. The molecule has 2 nitrogen and oxygen atoms in total. The van der Waals surface area contributed by atoms with Gasteiger partial charge in [-0.25, -0.2) is 0 Å². The van der Waals surface area contributed by atoms with E-state index >= 15 is 0 Å². The molecule has 0 amide bonds. The number of unbranched alkanes of at least 4 members (excludes halogenated alkanes) is 2. The summed E-state index contributed by atoms with van der Waals surface area (Å²) in [5, 5.41) is 3.43. The first kappa shape index (κ1) is 11.0. The van der Waals surface area contributed by atoms with Crippen LogP contribution in [0.4, 0.5) is 0 Å². The summed E-state index contributed by atoms with van der Waals surface area (Å²) >= 11 is 0. The highest BCUT2D eigenvalue weighted by atomic mass is 16.5. The Hall–Kier alpha value is -0.0800. The number of rotatable bonds is 5. The van der Waals surface area contributed by atoms with Gasteiger partial charge in [-0.3, -0.25) is 0 Å². The van der Waals surface area contributed by atoms with Crippen LogP contribution in [-0.4, -0.2) is 25.3 Å². The lowest BCUT2D eigenvalue weighted by Gasteiger charge is -2.37. The summed E-state index contributed by atoms with van der Waals surface area (Å²) in [6, 6.07) is 0. The summed E-state index contributed by atoms with van der Waals surface area (Å²) in [7, 11) is 0. The van der Waals surface area contributed by atoms with E-state index in [9.17, 15) is 0 Å². The van der Waals surface area contributed by atoms with Crippen molar-refractivity contribution in [2.75, 3.05) is 19.7 Å². The highest BCUT2D eigenvalue weighted by Crippen LogP contribution is 2.24. The monoisotopic (exact) mass is 185 g/mol. The van der Waals surface area contributed by atoms with Crippen LogP contribution in [0.1, 0.15) is 46.0 Å². The third-order valence-electron chi connectivity index (χ3n) is 3.01. The van der Waals surface area contributed by atoms with E-state index in [1.165, 1.54) is 25.7 Å². The van der Waals surface area contributed by atoms with Crippen molar-refractivity contribution in [1.82, 2.24) is 5.32 Å². The molecule has 1 fully saturated rings. The van der Waals surface area contributed by atoms with Crippen molar-refractivity contribution >= 4 is 0 Å². The van der Waals surface area contributed by atoms with Crippen LogP contribution in [0.15, 0.2) is 0 Å². The maximum atomic E-state index is 5.90. The van der Waals surface area contributed by atoms with E-state index in [4.69, 9.17) is 4.74 Å². The van der Waals surface area contributed by atoms with E-state index in [1.54, 1.807) is 0 Å². The molecule has 78 valence electrons. The van der Waals surface area contributed by atoms with Gasteiger partial charge in [-0.1, -0.05) is 33.1 Å². The molecule has 1 saturated heterocycles. The summed E-state index contributed by atoms with van der Waals surface area (Å²) in [6.07, 6.45) is 6.32. The Balaban J connectivity index is 2.29. The second kappa shape index (κ2) is 5.61. The quantitative estimate of drug-likeness (QED) is 0.664. The first-order valence-electron chi connectivity index (χ1n) is 5.67. The van der Waals surface area contributed by atoms with E-state index in [1.807, 2.05) is 0 Å². The Kier molecular flexibility index (Phi) is 4.74. The highest BCUT2D eigenvalue weighted by Gasteiger charge is 2.30. The van der Waals surface area contributed by atoms with Crippen LogP contribution in [0.5, 0.6) is 0 Å². The summed E-state index contributed by atoms with van der Waals surface area (Å²) < 4.78 is 5.90. The number of hydrogen-bond acceptors (Lipinski definition) is 2. The fourth-order valence-corrected chi connectivity index (χ4v) is 1.97. The summed E-state index contributed by atoms with van der Waals surface area (Å²) in [5.41, 5.74) is 0.160. The van der Waals surface area contributed by atoms with Crippen molar-refractivity contribution in [3.05, 3.63) is 0 Å². The van der Waals surface area contributed by atoms with E-state index in [-0.39, 0.29) is 5.60 Å². The normalized spacial score (nSPS) is 29.1. The second-order valence-electron chi connectivity index (χ2n) is 4.02. The predicted molar refractivity (Wildman–Crippen MR) is 56.0 cm³/mol. The molecule has 0 saturated carbocycles. The number of hydrogen-bond donors (Lipinski definition) is 1. The Bertz CT molecular complexity index is 130. The lowest BCUT2D eigenvalue weighted by molar-refractivity contribution is -0.0747. The zero-order valence-corrected chi connectivity index (χ0v) is 9.07. The molecule has 1 aliphatic rings. The summed E-state index contributed by atoms with van der Waals surface area (Å²) in [6.45, 7) is 7.44. The average molecular weight is 185 g/mol. The maximum Gasteiger partial charge on any atom is 0.0804 e. The van der Waals surface area contributed by atoms with Crippen LogP contribution in [0.2, 0.25) is 0 Å². The van der Waals surface area contributed by atoms with Crippen LogP contribution in [0.25, 0.3) is 0 Å². The van der Waals surface area contributed by atoms with Gasteiger partial charge in [0, 0.05) is 13.1 Å². The molecule has 0 aromatic carbocycles. The highest BCUT2D eigenvalue weighted by molar-refractivity contribution is 4.84. The number of nitrogens with one attached hydrogen (secondary N) is 1. The molecule has 2 heteroatoms. The van der Waals surface area contributed by atoms with Crippen molar-refractivity contribution < 1.29 is 4.74 Å². The van der Waals surface area contributed by atoms with Gasteiger partial charge in [0.15, 0.2) is 0 Å². The van der Waals surface area contributed by atoms with Gasteiger partial charge in [0.1, 0.15) is 0 Å². The minimum absolute atomic E-state index is 0.160. The SMILES string of the molecule is CCCCCC1(CC)CNCCO1. The molecule has 0 aliphatic carbocycles. The Morgan fingerprint density at radius 3 is 2.69 bits per heavy atom. The Morgan fingerprint density at radius 2 is 2.15 bits per heavy atom. The van der Waals surface area contributed by atoms with E-state index < -0.39 is 0 Å². The third kappa shape index (κ3) is 3.28. The predicted octanol–water partition coefficient (Wildman–Crippen LogP) is 2.34. The lowest BCUT2D eigenvalue weighted by Crippen LogP contribution is -2.49. The molecule has 1 unspecified atom stereocenters. The van der Waals surface area contributed by atoms with E-state index in [2.05, 4.69) is 19.2 Å². The van der Waals surface area contributed by atoms with Crippen LogP contribution in [0.3, 0.4) is 0 Å². The number of morpholine rings is 1. The lowest BCUT2D eigenvalue weighted by atomic mass is 9.92. The van der Waals surface area contributed by atoms with Gasteiger partial charge in [0.25, 0.3) is 0 Å². The average Bonchev–Trinajstić information content (AvgIpc) is 2.20. The molecular weight excluding hydrogens is 162 g/mol. The molecule has 1 N–H and O–H groups in total. The minimum Gasteiger partial charge on any atom is -0.372 e. The van der Waals surface area contributed by atoms with Crippen molar-refractivity contribution in [3.8, 4) is 0 Å². The largest absolute Gasteiger partial charge is 0.372 e. The molecular formula is C11H23NO. The zero-order chi connectivity index (χ0) is 9.57. The molecule has 0 aromatic heterocycles. The van der Waals surface area contributed by atoms with Gasteiger partial charge in [0.2, 0.25) is 0 Å². The smallest absolute Gasteiger partial charge is 0.0804 e. The second-order valence-corrected chi connectivity index (χ2v) is 4.02. The van der Waals surface area contributed by atoms with Crippen LogP contribution in [0, 0.1) is 0 Å². The van der Waals surface area contributed by atoms with Gasteiger partial charge in [-0.2, -0.15) is 0 Å². The molecule has 0 spiro atoms. The topological polar surface area (TPSA) is 21.3 Å². The van der Waals surface area contributed by atoms with Gasteiger partial charge < -0.3 is 10.1 Å². The molecule has 0 radical (unpaired) electrons. The molecule has 1 rings (SSSR count). The van der Waals surface area contributed by atoms with Gasteiger partial charge in [0.05, 0.1) is 12.2 Å². The minimum atomic E-state index is 0.160. The van der Waals surface area contributed by atoms with Crippen LogP contribution < -0.4 is 5.32 Å². The fraction of sp³-hybridized carbons (Fsp3) is 1.00.